The van der Waals surface area contributed by atoms with Crippen LogP contribution in [0.4, 0.5) is 0 Å². The lowest BCUT2D eigenvalue weighted by molar-refractivity contribution is -0.310. The van der Waals surface area contributed by atoms with Gasteiger partial charge in [-0.2, -0.15) is 8.42 Å². The van der Waals surface area contributed by atoms with E-state index in [-0.39, 0.29) is 26.1 Å². The van der Waals surface area contributed by atoms with Crippen LogP contribution in [0.25, 0.3) is 10.4 Å². The van der Waals surface area contributed by atoms with Crippen LogP contribution in [0.1, 0.15) is 26.7 Å². The third kappa shape index (κ3) is 6.49. The Balaban J connectivity index is 3.12. The fourth-order valence-electron chi connectivity index (χ4n) is 2.82. The van der Waals surface area contributed by atoms with E-state index in [1.54, 1.807) is 0 Å². The molecule has 1 aliphatic rings. The third-order valence-electron chi connectivity index (χ3n) is 3.95. The maximum Gasteiger partial charge on any atom is 0.358 e. The highest BCUT2D eigenvalue weighted by atomic mass is 32.2. The molecule has 0 radical (unpaired) electrons. The van der Waals surface area contributed by atoms with Crippen LogP contribution in [0.5, 0.6) is 0 Å². The predicted octanol–water partition coefficient (Wildman–Crippen LogP) is -0.456. The molecule has 0 bridgehead atoms. The number of carboxylic acids is 1. The van der Waals surface area contributed by atoms with Crippen molar-refractivity contribution in [2.75, 3.05) is 26.1 Å². The first kappa shape index (κ1) is 26.0. The molecular weight excluding hydrogens is 447 g/mol. The zero-order valence-corrected chi connectivity index (χ0v) is 18.2. The lowest BCUT2D eigenvalue weighted by Crippen LogP contribution is -2.69. The number of nitrogens with zero attached hydrogens (tertiary/aromatic N) is 4. The summed E-state index contributed by atoms with van der Waals surface area (Å²) < 4.78 is 49.3. The number of carbonyl (C=O) groups is 3. The van der Waals surface area contributed by atoms with E-state index in [1.165, 1.54) is 13.8 Å². The largest absolute Gasteiger partial charge is 0.547 e. The number of hydrogen-bond donors (Lipinski definition) is 0. The molecular formula is C14H22N4O10PS-. The molecule has 0 aromatic rings. The van der Waals surface area contributed by atoms with Crippen molar-refractivity contribution in [3.8, 4) is 0 Å². The Hall–Kier alpha value is -2.02. The molecule has 1 aliphatic heterocycles. The van der Waals surface area contributed by atoms with Crippen LogP contribution >= 0.6 is 7.60 Å². The van der Waals surface area contributed by atoms with Crippen LogP contribution in [0.3, 0.4) is 0 Å². The van der Waals surface area contributed by atoms with Gasteiger partial charge in [0.15, 0.2) is 11.6 Å². The van der Waals surface area contributed by atoms with E-state index in [0.29, 0.717) is 4.90 Å². The molecule has 0 aromatic carbocycles. The summed E-state index contributed by atoms with van der Waals surface area (Å²) in [5, 5.41) is 15.0. The van der Waals surface area contributed by atoms with Gasteiger partial charge >= 0.3 is 7.60 Å². The average Bonchev–Trinajstić information content (AvgIpc) is 2.63. The van der Waals surface area contributed by atoms with Crippen LogP contribution in [-0.2, 0) is 42.3 Å². The summed E-state index contributed by atoms with van der Waals surface area (Å²) in [6.45, 7) is 1.75. The lowest BCUT2D eigenvalue weighted by Gasteiger charge is -2.50. The molecule has 0 N–H and O–H groups in total. The van der Waals surface area contributed by atoms with Gasteiger partial charge in [-0.3, -0.25) is 18.3 Å². The van der Waals surface area contributed by atoms with Gasteiger partial charge in [0, 0.05) is 11.3 Å². The minimum Gasteiger partial charge on any atom is -0.547 e. The molecule has 1 amide bonds. The Morgan fingerprint density at radius 2 is 1.90 bits per heavy atom. The second kappa shape index (κ2) is 10.8. The minimum atomic E-state index is -4.39. The maximum atomic E-state index is 13.0. The van der Waals surface area contributed by atoms with E-state index in [4.69, 9.17) is 14.6 Å². The smallest absolute Gasteiger partial charge is 0.358 e. The Morgan fingerprint density at radius 3 is 2.33 bits per heavy atom. The Bertz CT molecular complexity index is 862. The quantitative estimate of drug-likeness (QED) is 0.0799. The monoisotopic (exact) mass is 469 g/mol. The number of ketones is 1. The van der Waals surface area contributed by atoms with Crippen LogP contribution in [0, 0.1) is 0 Å². The first-order valence-corrected chi connectivity index (χ1v) is 12.2. The number of azide groups is 1. The van der Waals surface area contributed by atoms with E-state index in [0.717, 1.165) is 6.26 Å². The molecule has 1 rings (SSSR count). The molecule has 14 nitrogen and oxygen atoms in total. The van der Waals surface area contributed by atoms with Crippen molar-refractivity contribution in [2.24, 2.45) is 5.11 Å². The topological polar surface area (TPSA) is 205 Å². The van der Waals surface area contributed by atoms with Crippen molar-refractivity contribution in [1.29, 1.82) is 0 Å². The van der Waals surface area contributed by atoms with Gasteiger partial charge < -0.3 is 23.8 Å². The Morgan fingerprint density at radius 1 is 1.33 bits per heavy atom. The Kier molecular flexibility index (Phi) is 9.40. The molecule has 1 fully saturated rings. The summed E-state index contributed by atoms with van der Waals surface area (Å²) in [6, 6.07) is -2.48. The molecule has 30 heavy (non-hydrogen) atoms. The highest BCUT2D eigenvalue weighted by Crippen LogP contribution is 2.56. The molecule has 1 saturated heterocycles. The van der Waals surface area contributed by atoms with Gasteiger partial charge in [0.05, 0.1) is 31.5 Å². The average molecular weight is 469 g/mol. The standard InChI is InChI=1S/C14H23N4O10PS/c1-4-26-29(23,27-5-2)13(14(21)22)18-10(11(12(18)20)16-17-15)7-6-9(19)8-28-30(3,24)25/h10-11,13H,4-8H2,1-3H3,(H,21,22)/p-1. The van der Waals surface area contributed by atoms with Crippen molar-refractivity contribution in [3.63, 3.8) is 0 Å². The van der Waals surface area contributed by atoms with E-state index in [2.05, 4.69) is 14.2 Å². The molecule has 0 aliphatic carbocycles. The first-order chi connectivity index (χ1) is 13.9. The van der Waals surface area contributed by atoms with Gasteiger partial charge in [-0.25, -0.2) is 0 Å². The zero-order chi connectivity index (χ0) is 23.1. The number of aliphatic carboxylic acids is 1. The molecule has 0 spiro atoms. The summed E-state index contributed by atoms with van der Waals surface area (Å²) in [4.78, 5) is 39.2. The summed E-state index contributed by atoms with van der Waals surface area (Å²) in [6.07, 6.45) is 0.200. The normalized spacial score (nSPS) is 20.2. The van der Waals surface area contributed by atoms with Crippen LogP contribution in [0.15, 0.2) is 5.11 Å². The second-order valence-electron chi connectivity index (χ2n) is 6.07. The number of carboxylic acid groups (broad SMARTS) is 1. The number of amides is 1. The molecule has 1 heterocycles. The number of rotatable bonds is 14. The van der Waals surface area contributed by atoms with Gasteiger partial charge in [0.2, 0.25) is 5.91 Å². The van der Waals surface area contributed by atoms with E-state index in [1.807, 2.05) is 0 Å². The number of hydrogen-bond acceptors (Lipinski definition) is 11. The molecule has 170 valence electrons. The minimum absolute atomic E-state index is 0.186. The van der Waals surface area contributed by atoms with E-state index < -0.39 is 59.8 Å². The van der Waals surface area contributed by atoms with Crippen molar-refractivity contribution in [3.05, 3.63) is 10.4 Å². The van der Waals surface area contributed by atoms with E-state index in [9.17, 15) is 32.5 Å². The molecule has 0 saturated carbocycles. The Labute approximate surface area is 172 Å². The maximum absolute atomic E-state index is 13.0. The summed E-state index contributed by atoms with van der Waals surface area (Å²) in [7, 11) is -8.24. The van der Waals surface area contributed by atoms with Gasteiger partial charge in [-0.1, -0.05) is 5.11 Å². The summed E-state index contributed by atoms with van der Waals surface area (Å²) >= 11 is 0. The van der Waals surface area contributed by atoms with E-state index >= 15 is 0 Å². The van der Waals surface area contributed by atoms with Crippen LogP contribution in [-0.4, -0.2) is 74.9 Å². The highest BCUT2D eigenvalue weighted by molar-refractivity contribution is 7.86. The fraction of sp³-hybridized carbons (Fsp3) is 0.786. The van der Waals surface area contributed by atoms with Crippen molar-refractivity contribution < 1.29 is 45.7 Å². The second-order valence-corrected chi connectivity index (χ2v) is 9.80. The number of Topliss-reactive ketones (excluding diaryl/α,β-unsaturated/α-hetero) is 1. The molecule has 0 aromatic heterocycles. The molecule has 16 heteroatoms. The van der Waals surface area contributed by atoms with Gasteiger partial charge in [0.1, 0.15) is 12.6 Å². The summed E-state index contributed by atoms with van der Waals surface area (Å²) in [5.74, 6) is -5.65. The van der Waals surface area contributed by atoms with Crippen molar-refractivity contribution in [2.45, 2.75) is 44.6 Å². The van der Waals surface area contributed by atoms with Crippen LogP contribution in [0.2, 0.25) is 0 Å². The molecule has 3 atom stereocenters. The SMILES string of the molecule is CCOP(=O)(OCC)C(C(=O)[O-])N1C(=O)C(N=[N+]=[N-])C1CCC(=O)COS(C)(=O)=O. The predicted molar refractivity (Wildman–Crippen MR) is 98.3 cm³/mol. The van der Waals surface area contributed by atoms with Gasteiger partial charge in [-0.05, 0) is 25.8 Å². The van der Waals surface area contributed by atoms with Crippen LogP contribution < -0.4 is 5.11 Å². The zero-order valence-electron chi connectivity index (χ0n) is 16.5. The van der Waals surface area contributed by atoms with Crippen molar-refractivity contribution in [1.82, 2.24) is 4.90 Å². The number of carbonyl (C=O) groups excluding carboxylic acids is 3. The first-order valence-electron chi connectivity index (χ1n) is 8.74. The molecule has 3 unspecified atom stereocenters. The van der Waals surface area contributed by atoms with Gasteiger partial charge in [0.25, 0.3) is 10.1 Å². The lowest BCUT2D eigenvalue weighted by atomic mass is 9.90. The summed E-state index contributed by atoms with van der Waals surface area (Å²) in [5.41, 5.74) is 8.65. The number of likely N-dealkylation sites (tertiary alicyclic amines) is 1. The van der Waals surface area contributed by atoms with Crippen molar-refractivity contribution >= 4 is 35.4 Å². The van der Waals surface area contributed by atoms with Gasteiger partial charge in [-0.15, -0.1) is 0 Å². The third-order valence-corrected chi connectivity index (χ3v) is 6.79. The fourth-order valence-corrected chi connectivity index (χ4v) is 5.09. The highest BCUT2D eigenvalue weighted by Gasteiger charge is 2.56. The number of β-lactam (4-membered cyclic amide) rings is 1.